The Morgan fingerprint density at radius 1 is 1.11 bits per heavy atom. The summed E-state index contributed by atoms with van der Waals surface area (Å²) in [6.45, 7) is 5.01. The van der Waals surface area contributed by atoms with E-state index in [-0.39, 0.29) is 30.7 Å². The lowest BCUT2D eigenvalue weighted by molar-refractivity contribution is -0.177. The van der Waals surface area contributed by atoms with Crippen LogP contribution in [0.2, 0.25) is 5.02 Å². The summed E-state index contributed by atoms with van der Waals surface area (Å²) in [6.07, 6.45) is 2.20. The Kier molecular flexibility index (Phi) is 7.36. The van der Waals surface area contributed by atoms with Crippen LogP contribution in [-0.4, -0.2) is 84.0 Å². The highest BCUT2D eigenvalue weighted by atomic mass is 35.5. The third-order valence-corrected chi connectivity index (χ3v) is 8.14. The third kappa shape index (κ3) is 4.84. The molecular formula is C27H35ClN4O3S. The van der Waals surface area contributed by atoms with E-state index in [9.17, 15) is 14.7 Å². The molecule has 1 aliphatic carbocycles. The lowest BCUT2D eigenvalue weighted by atomic mass is 9.59. The zero-order valence-corrected chi connectivity index (χ0v) is 22.8. The molecule has 0 unspecified atom stereocenters. The zero-order chi connectivity index (χ0) is 25.0. The highest BCUT2D eigenvalue weighted by Crippen LogP contribution is 2.51. The van der Waals surface area contributed by atoms with Gasteiger partial charge in [-0.2, -0.15) is 13.5 Å². The van der Waals surface area contributed by atoms with E-state index in [4.69, 9.17) is 11.6 Å². The molecule has 36 heavy (non-hydrogen) atoms. The fourth-order valence-corrected chi connectivity index (χ4v) is 5.98. The Bertz CT molecular complexity index is 1120. The molecule has 3 aliphatic rings. The summed E-state index contributed by atoms with van der Waals surface area (Å²) in [5.41, 5.74) is 0.808. The standard InChI is InChI=1S/C27H33ClN4O3.H2S/c1-26(35,18-7-5-4-6-8-18)25(34)32-16-27(17-32)12-21(13-27)31-14-20(15-31)29-19-9-10-22(23(28)11-19)24(33)30(2)3;/h4-11,20-21,29,35H,12-17H2,1-3H3;1H2/t26-;/m0./s1. The SMILES string of the molecule is CN(C)C(=O)c1ccc(NC2CN(C3CC4(C3)CN(C(=O)[C@@](C)(O)c3ccccc3)C4)C2)cc1Cl.S. The van der Waals surface area contributed by atoms with Crippen LogP contribution in [0.5, 0.6) is 0 Å². The second-order valence-electron chi connectivity index (χ2n) is 10.9. The second kappa shape index (κ2) is 9.89. The molecule has 2 heterocycles. The molecule has 2 saturated heterocycles. The first-order valence-corrected chi connectivity index (χ1v) is 12.5. The number of benzene rings is 2. The Labute approximate surface area is 224 Å². The summed E-state index contributed by atoms with van der Waals surface area (Å²) >= 11 is 6.33. The molecule has 0 radical (unpaired) electrons. The Morgan fingerprint density at radius 3 is 2.33 bits per heavy atom. The number of hydrogen-bond donors (Lipinski definition) is 2. The molecule has 2 aromatic rings. The molecule has 2 aliphatic heterocycles. The van der Waals surface area contributed by atoms with Crippen LogP contribution >= 0.6 is 25.1 Å². The number of halogens is 1. The maximum absolute atomic E-state index is 12.9. The van der Waals surface area contributed by atoms with E-state index in [1.54, 1.807) is 44.1 Å². The normalized spacial score (nSPS) is 20.9. The van der Waals surface area contributed by atoms with Crippen LogP contribution in [0.1, 0.15) is 35.7 Å². The molecule has 2 N–H and O–H groups in total. The van der Waals surface area contributed by atoms with Crippen molar-refractivity contribution in [2.75, 3.05) is 45.6 Å². The highest BCUT2D eigenvalue weighted by Gasteiger charge is 2.57. The quantitative estimate of drug-likeness (QED) is 0.600. The number of anilines is 1. The molecule has 2 amide bonds. The van der Waals surface area contributed by atoms with Gasteiger partial charge >= 0.3 is 0 Å². The summed E-state index contributed by atoms with van der Waals surface area (Å²) in [4.78, 5) is 30.9. The van der Waals surface area contributed by atoms with Crippen LogP contribution in [-0.2, 0) is 10.4 Å². The van der Waals surface area contributed by atoms with E-state index in [1.807, 2.05) is 30.3 Å². The van der Waals surface area contributed by atoms with Crippen LogP contribution in [0.25, 0.3) is 0 Å². The molecule has 3 fully saturated rings. The van der Waals surface area contributed by atoms with Gasteiger partial charge < -0.3 is 20.2 Å². The number of carbonyl (C=O) groups is 2. The first-order chi connectivity index (χ1) is 16.6. The van der Waals surface area contributed by atoms with Gasteiger partial charge in [0.2, 0.25) is 0 Å². The van der Waals surface area contributed by atoms with Crippen molar-refractivity contribution in [1.82, 2.24) is 14.7 Å². The van der Waals surface area contributed by atoms with Gasteiger partial charge in [-0.25, -0.2) is 0 Å². The van der Waals surface area contributed by atoms with Crippen molar-refractivity contribution in [3.05, 3.63) is 64.7 Å². The lowest BCUT2D eigenvalue weighted by Crippen LogP contribution is -2.72. The minimum Gasteiger partial charge on any atom is -0.380 e. The van der Waals surface area contributed by atoms with Gasteiger partial charge in [0.05, 0.1) is 16.6 Å². The second-order valence-corrected chi connectivity index (χ2v) is 11.3. The number of likely N-dealkylation sites (tertiary alicyclic amines) is 2. The lowest BCUT2D eigenvalue weighted by Gasteiger charge is -2.63. The number of carbonyl (C=O) groups excluding carboxylic acids is 2. The van der Waals surface area contributed by atoms with Crippen LogP contribution in [0.15, 0.2) is 48.5 Å². The minimum atomic E-state index is -1.48. The fourth-order valence-electron chi connectivity index (χ4n) is 5.71. The predicted octanol–water partition coefficient (Wildman–Crippen LogP) is 3.15. The van der Waals surface area contributed by atoms with E-state index in [0.717, 1.165) is 44.7 Å². The first kappa shape index (κ1) is 26.8. The predicted molar refractivity (Wildman–Crippen MR) is 147 cm³/mol. The molecule has 7 nitrogen and oxygen atoms in total. The van der Waals surface area contributed by atoms with Gasteiger partial charge in [-0.05, 0) is 43.5 Å². The summed E-state index contributed by atoms with van der Waals surface area (Å²) in [6, 6.07) is 15.6. The van der Waals surface area contributed by atoms with Gasteiger partial charge in [-0.15, -0.1) is 0 Å². The third-order valence-electron chi connectivity index (χ3n) is 7.83. The number of amides is 2. The van der Waals surface area contributed by atoms with Crippen molar-refractivity contribution < 1.29 is 14.7 Å². The molecule has 194 valence electrons. The summed E-state index contributed by atoms with van der Waals surface area (Å²) in [5, 5.41) is 14.8. The van der Waals surface area contributed by atoms with Gasteiger partial charge in [0.25, 0.3) is 11.8 Å². The maximum Gasteiger partial charge on any atom is 0.258 e. The van der Waals surface area contributed by atoms with Crippen LogP contribution in [0.3, 0.4) is 0 Å². The number of hydrogen-bond acceptors (Lipinski definition) is 5. The van der Waals surface area contributed by atoms with Gasteiger partial charge in [0.15, 0.2) is 5.60 Å². The van der Waals surface area contributed by atoms with Crippen molar-refractivity contribution in [3.8, 4) is 0 Å². The zero-order valence-electron chi connectivity index (χ0n) is 21.0. The molecule has 1 spiro atoms. The molecule has 0 bridgehead atoms. The minimum absolute atomic E-state index is 0. The fraction of sp³-hybridized carbons (Fsp3) is 0.481. The Morgan fingerprint density at radius 2 is 1.75 bits per heavy atom. The van der Waals surface area contributed by atoms with E-state index in [2.05, 4.69) is 10.2 Å². The van der Waals surface area contributed by atoms with E-state index < -0.39 is 5.60 Å². The molecule has 1 atom stereocenters. The Hall–Kier alpha value is -2.26. The van der Waals surface area contributed by atoms with Crippen LogP contribution in [0.4, 0.5) is 5.69 Å². The number of rotatable bonds is 6. The first-order valence-electron chi connectivity index (χ1n) is 12.2. The molecule has 2 aromatic carbocycles. The summed E-state index contributed by atoms with van der Waals surface area (Å²) in [5.74, 6) is -0.307. The van der Waals surface area contributed by atoms with Crippen molar-refractivity contribution in [3.63, 3.8) is 0 Å². The smallest absolute Gasteiger partial charge is 0.258 e. The molecule has 1 saturated carbocycles. The monoisotopic (exact) mass is 530 g/mol. The van der Waals surface area contributed by atoms with Crippen molar-refractivity contribution in [2.24, 2.45) is 5.41 Å². The van der Waals surface area contributed by atoms with Gasteiger partial charge in [0, 0.05) is 57.4 Å². The van der Waals surface area contributed by atoms with Crippen LogP contribution < -0.4 is 5.32 Å². The highest BCUT2D eigenvalue weighted by molar-refractivity contribution is 7.59. The Balaban J connectivity index is 0.00000304. The molecular weight excluding hydrogens is 496 g/mol. The van der Waals surface area contributed by atoms with Crippen molar-refractivity contribution in [1.29, 1.82) is 0 Å². The number of nitrogens with one attached hydrogen (secondary N) is 1. The van der Waals surface area contributed by atoms with Gasteiger partial charge in [-0.1, -0.05) is 41.9 Å². The molecule has 9 heteroatoms. The van der Waals surface area contributed by atoms with Crippen molar-refractivity contribution in [2.45, 2.75) is 37.5 Å². The number of nitrogens with zero attached hydrogens (tertiary/aromatic N) is 3. The van der Waals surface area contributed by atoms with Gasteiger partial charge in [-0.3, -0.25) is 14.5 Å². The van der Waals surface area contributed by atoms with Crippen molar-refractivity contribution >= 4 is 42.6 Å². The average molecular weight is 531 g/mol. The van der Waals surface area contributed by atoms with Gasteiger partial charge in [0.1, 0.15) is 0 Å². The largest absolute Gasteiger partial charge is 0.380 e. The topological polar surface area (TPSA) is 76.1 Å². The average Bonchev–Trinajstić information content (AvgIpc) is 2.75. The van der Waals surface area contributed by atoms with E-state index in [0.29, 0.717) is 28.2 Å². The maximum atomic E-state index is 12.9. The summed E-state index contributed by atoms with van der Waals surface area (Å²) in [7, 11) is 3.43. The molecule has 0 aromatic heterocycles. The molecule has 5 rings (SSSR count). The summed E-state index contributed by atoms with van der Waals surface area (Å²) < 4.78 is 0. The number of aliphatic hydroxyl groups is 1. The van der Waals surface area contributed by atoms with Crippen LogP contribution in [0, 0.1) is 5.41 Å². The van der Waals surface area contributed by atoms with E-state index >= 15 is 0 Å². The van der Waals surface area contributed by atoms with E-state index in [1.165, 1.54) is 4.90 Å².